The van der Waals surface area contributed by atoms with Crippen molar-refractivity contribution in [2.75, 3.05) is 33.3 Å². The Morgan fingerprint density at radius 3 is 2.39 bits per heavy atom. The van der Waals surface area contributed by atoms with Crippen molar-refractivity contribution in [2.45, 2.75) is 33.8 Å². The maximum Gasteiger partial charge on any atom is 0.161 e. The lowest BCUT2D eigenvalue weighted by Gasteiger charge is -2.18. The molecular formula is C23H32N2O2S. The van der Waals surface area contributed by atoms with Crippen molar-refractivity contribution in [1.29, 1.82) is 0 Å². The van der Waals surface area contributed by atoms with Gasteiger partial charge in [-0.25, -0.2) is 0 Å². The minimum Gasteiger partial charge on any atom is -0.493 e. The zero-order valence-corrected chi connectivity index (χ0v) is 18.3. The number of hydrogen-bond acceptors (Lipinski definition) is 4. The number of thiocarbonyl (C=S) groups is 1. The Balaban J connectivity index is 1.90. The van der Waals surface area contributed by atoms with Crippen LogP contribution in [0.2, 0.25) is 0 Å². The average Bonchev–Trinajstić information content (AvgIpc) is 2.73. The van der Waals surface area contributed by atoms with Gasteiger partial charge < -0.3 is 19.7 Å². The lowest BCUT2D eigenvalue weighted by atomic mass is 10.1. The summed E-state index contributed by atoms with van der Waals surface area (Å²) in [4.78, 5) is 3.15. The van der Waals surface area contributed by atoms with E-state index in [0.29, 0.717) is 12.4 Å². The second kappa shape index (κ2) is 11.7. The minimum atomic E-state index is 0.504. The Labute approximate surface area is 174 Å². The molecule has 5 heteroatoms. The molecule has 0 aliphatic rings. The Kier molecular flexibility index (Phi) is 9.24. The molecule has 0 radical (unpaired) electrons. The van der Waals surface area contributed by atoms with E-state index >= 15 is 0 Å². The van der Waals surface area contributed by atoms with Crippen LogP contribution in [0, 0.1) is 6.92 Å². The van der Waals surface area contributed by atoms with Crippen LogP contribution in [0.3, 0.4) is 0 Å². The van der Waals surface area contributed by atoms with E-state index in [1.165, 1.54) is 5.56 Å². The minimum absolute atomic E-state index is 0.504. The summed E-state index contributed by atoms with van der Waals surface area (Å²) in [6.07, 6.45) is 1.07. The lowest BCUT2D eigenvalue weighted by Crippen LogP contribution is -2.29. The third-order valence-corrected chi connectivity index (χ3v) is 5.15. The second-order valence-electron chi connectivity index (χ2n) is 6.78. The molecule has 0 spiro atoms. The van der Waals surface area contributed by atoms with Gasteiger partial charge in [0, 0.05) is 12.1 Å². The van der Waals surface area contributed by atoms with Crippen LogP contribution in [-0.2, 0) is 6.61 Å². The summed E-state index contributed by atoms with van der Waals surface area (Å²) in [7, 11) is 1.65. The molecule has 1 N–H and O–H groups in total. The number of nitrogens with one attached hydrogen (secondary N) is 1. The smallest absolute Gasteiger partial charge is 0.161 e. The SMILES string of the molecule is CCN(CC)CCCNC(=S)c1ccc(OCc2ccc(C)cc2)c(OC)c1. The van der Waals surface area contributed by atoms with Crippen LogP contribution in [-0.4, -0.2) is 43.2 Å². The van der Waals surface area contributed by atoms with Gasteiger partial charge in [0.1, 0.15) is 11.6 Å². The molecule has 0 bridgehead atoms. The first kappa shape index (κ1) is 22.2. The van der Waals surface area contributed by atoms with E-state index in [2.05, 4.69) is 55.3 Å². The fourth-order valence-corrected chi connectivity index (χ4v) is 3.15. The van der Waals surface area contributed by atoms with E-state index < -0.39 is 0 Å². The molecule has 0 heterocycles. The van der Waals surface area contributed by atoms with Gasteiger partial charge >= 0.3 is 0 Å². The first-order chi connectivity index (χ1) is 13.6. The summed E-state index contributed by atoms with van der Waals surface area (Å²) in [6.45, 7) is 11.1. The molecule has 0 amide bonds. The summed E-state index contributed by atoms with van der Waals surface area (Å²) in [5, 5.41) is 3.34. The largest absolute Gasteiger partial charge is 0.493 e. The molecular weight excluding hydrogens is 368 g/mol. The summed E-state index contributed by atoms with van der Waals surface area (Å²) < 4.78 is 11.5. The molecule has 0 atom stereocenters. The molecule has 0 fully saturated rings. The van der Waals surface area contributed by atoms with Crippen LogP contribution in [0.1, 0.15) is 37.0 Å². The van der Waals surface area contributed by atoms with Crippen molar-refractivity contribution in [3.8, 4) is 11.5 Å². The van der Waals surface area contributed by atoms with Crippen molar-refractivity contribution in [1.82, 2.24) is 10.2 Å². The van der Waals surface area contributed by atoms with Crippen LogP contribution in [0.5, 0.6) is 11.5 Å². The molecule has 0 unspecified atom stereocenters. The zero-order chi connectivity index (χ0) is 20.4. The van der Waals surface area contributed by atoms with E-state index in [1.807, 2.05) is 18.2 Å². The number of nitrogens with zero attached hydrogens (tertiary/aromatic N) is 1. The molecule has 0 saturated heterocycles. The van der Waals surface area contributed by atoms with Gasteiger partial charge in [-0.3, -0.25) is 0 Å². The Morgan fingerprint density at radius 1 is 1.04 bits per heavy atom. The predicted molar refractivity (Wildman–Crippen MR) is 121 cm³/mol. The lowest BCUT2D eigenvalue weighted by molar-refractivity contribution is 0.284. The molecule has 0 aliphatic carbocycles. The highest BCUT2D eigenvalue weighted by atomic mass is 32.1. The third kappa shape index (κ3) is 6.80. The third-order valence-electron chi connectivity index (χ3n) is 4.77. The number of rotatable bonds is 11. The summed E-state index contributed by atoms with van der Waals surface area (Å²) in [5.41, 5.74) is 3.31. The number of hydrogen-bond donors (Lipinski definition) is 1. The van der Waals surface area contributed by atoms with Gasteiger partial charge in [-0.05, 0) is 56.7 Å². The normalized spacial score (nSPS) is 10.8. The number of ether oxygens (including phenoxy) is 2. The number of benzene rings is 2. The van der Waals surface area contributed by atoms with Crippen LogP contribution in [0.25, 0.3) is 0 Å². The van der Waals surface area contributed by atoms with E-state index in [1.54, 1.807) is 7.11 Å². The van der Waals surface area contributed by atoms with E-state index in [9.17, 15) is 0 Å². The highest BCUT2D eigenvalue weighted by Gasteiger charge is 2.09. The molecule has 2 aromatic rings. The van der Waals surface area contributed by atoms with Crippen LogP contribution in [0.15, 0.2) is 42.5 Å². The molecule has 28 heavy (non-hydrogen) atoms. The first-order valence-corrected chi connectivity index (χ1v) is 10.3. The van der Waals surface area contributed by atoms with Gasteiger partial charge in [-0.2, -0.15) is 0 Å². The first-order valence-electron chi connectivity index (χ1n) is 9.94. The Morgan fingerprint density at radius 2 is 1.75 bits per heavy atom. The van der Waals surface area contributed by atoms with E-state index in [0.717, 1.165) is 54.5 Å². The van der Waals surface area contributed by atoms with Gasteiger partial charge in [-0.15, -0.1) is 0 Å². The van der Waals surface area contributed by atoms with E-state index in [4.69, 9.17) is 21.7 Å². The maximum atomic E-state index is 5.94. The number of aryl methyl sites for hydroxylation is 1. The highest BCUT2D eigenvalue weighted by molar-refractivity contribution is 7.80. The van der Waals surface area contributed by atoms with Gasteiger partial charge in [0.2, 0.25) is 0 Å². The molecule has 0 aliphatic heterocycles. The van der Waals surface area contributed by atoms with Gasteiger partial charge in [-0.1, -0.05) is 55.9 Å². The van der Waals surface area contributed by atoms with Gasteiger partial charge in [0.15, 0.2) is 11.5 Å². The second-order valence-corrected chi connectivity index (χ2v) is 7.18. The van der Waals surface area contributed by atoms with Crippen molar-refractivity contribution in [3.63, 3.8) is 0 Å². The van der Waals surface area contributed by atoms with Gasteiger partial charge in [0.05, 0.1) is 7.11 Å². The van der Waals surface area contributed by atoms with Crippen LogP contribution in [0.4, 0.5) is 0 Å². The summed E-state index contributed by atoms with van der Waals surface area (Å²) in [6, 6.07) is 14.2. The zero-order valence-electron chi connectivity index (χ0n) is 17.5. The Hall–Kier alpha value is -2.11. The average molecular weight is 401 g/mol. The van der Waals surface area contributed by atoms with E-state index in [-0.39, 0.29) is 0 Å². The number of methoxy groups -OCH3 is 1. The van der Waals surface area contributed by atoms with Gasteiger partial charge in [0.25, 0.3) is 0 Å². The molecule has 0 aromatic heterocycles. The van der Waals surface area contributed by atoms with Crippen molar-refractivity contribution in [3.05, 3.63) is 59.2 Å². The topological polar surface area (TPSA) is 33.7 Å². The standard InChI is InChI=1S/C23H32N2O2S/c1-5-25(6-2)15-7-14-24-23(28)20-12-13-21(22(16-20)26-4)27-17-19-10-8-18(3)9-11-19/h8-13,16H,5-7,14-15,17H2,1-4H3,(H,24,28). The fraction of sp³-hybridized carbons (Fsp3) is 0.435. The predicted octanol–water partition coefficient (Wildman–Crippen LogP) is 4.58. The fourth-order valence-electron chi connectivity index (χ4n) is 2.92. The molecule has 4 nitrogen and oxygen atoms in total. The van der Waals surface area contributed by atoms with Crippen molar-refractivity contribution >= 4 is 17.2 Å². The van der Waals surface area contributed by atoms with Crippen molar-refractivity contribution < 1.29 is 9.47 Å². The Bertz CT molecular complexity index is 743. The van der Waals surface area contributed by atoms with Crippen LogP contribution >= 0.6 is 12.2 Å². The molecule has 152 valence electrons. The molecule has 0 saturated carbocycles. The summed E-state index contributed by atoms with van der Waals surface area (Å²) in [5.74, 6) is 1.41. The monoisotopic (exact) mass is 400 g/mol. The maximum absolute atomic E-state index is 5.94. The molecule has 2 rings (SSSR count). The van der Waals surface area contributed by atoms with Crippen LogP contribution < -0.4 is 14.8 Å². The highest BCUT2D eigenvalue weighted by Crippen LogP contribution is 2.29. The quantitative estimate of drug-likeness (QED) is 0.441. The van der Waals surface area contributed by atoms with Crippen molar-refractivity contribution in [2.24, 2.45) is 0 Å². The molecule has 2 aromatic carbocycles. The summed E-state index contributed by atoms with van der Waals surface area (Å²) >= 11 is 5.54.